The number of hydrogen-bond donors (Lipinski definition) is 1. The molecule has 1 saturated heterocycles. The fraction of sp³-hybridized carbons (Fsp3) is 0.818. The van der Waals surface area contributed by atoms with Crippen LogP contribution in [0, 0.1) is 0 Å². The highest BCUT2D eigenvalue weighted by Crippen LogP contribution is 2.38. The third-order valence-corrected chi connectivity index (χ3v) is 5.83. The van der Waals surface area contributed by atoms with Gasteiger partial charge in [-0.15, -0.1) is 6.58 Å². The van der Waals surface area contributed by atoms with Crippen LogP contribution in [-0.4, -0.2) is 49.1 Å². The van der Waals surface area contributed by atoms with Crippen molar-refractivity contribution < 1.29 is 28.4 Å². The van der Waals surface area contributed by atoms with Crippen molar-refractivity contribution in [1.29, 1.82) is 0 Å². The van der Waals surface area contributed by atoms with E-state index in [1.807, 2.05) is 34.6 Å². The summed E-state index contributed by atoms with van der Waals surface area (Å²) in [6.07, 6.45) is 5.57. The van der Waals surface area contributed by atoms with E-state index in [0.29, 0.717) is 25.8 Å². The molecule has 1 fully saturated rings. The summed E-state index contributed by atoms with van der Waals surface area (Å²) in [5.41, 5.74) is -1.91. The Balaban J connectivity index is 2.71. The van der Waals surface area contributed by atoms with E-state index < -0.39 is 17.6 Å². The number of alkyl carbamates (subject to hydrolysis) is 1. The second kappa shape index (κ2) is 11.7. The van der Waals surface area contributed by atoms with Gasteiger partial charge in [-0.1, -0.05) is 32.3 Å². The molecule has 7 nitrogen and oxygen atoms in total. The third-order valence-electron chi connectivity index (χ3n) is 5.83. The minimum Gasteiger partial charge on any atom is -0.464 e. The van der Waals surface area contributed by atoms with E-state index in [4.69, 9.17) is 18.8 Å². The lowest BCUT2D eigenvalue weighted by Gasteiger charge is -2.32. The summed E-state index contributed by atoms with van der Waals surface area (Å²) in [5.74, 6) is -0.465. The highest BCUT2D eigenvalue weighted by Gasteiger charge is 2.50. The molecule has 1 unspecified atom stereocenters. The van der Waals surface area contributed by atoms with Gasteiger partial charge in [-0.3, -0.25) is 0 Å². The first kappa shape index (κ1) is 26.5. The highest BCUT2D eigenvalue weighted by atomic mass is 16.7. The van der Waals surface area contributed by atoms with Gasteiger partial charge in [-0.25, -0.2) is 9.59 Å². The first-order chi connectivity index (χ1) is 14.0. The van der Waals surface area contributed by atoms with Crippen LogP contribution in [-0.2, 0) is 23.6 Å². The van der Waals surface area contributed by atoms with E-state index in [1.54, 1.807) is 13.0 Å². The van der Waals surface area contributed by atoms with Crippen molar-refractivity contribution >= 4 is 19.2 Å². The van der Waals surface area contributed by atoms with Crippen LogP contribution in [0.25, 0.3) is 0 Å². The molecule has 0 aliphatic carbocycles. The Morgan fingerprint density at radius 2 is 1.70 bits per heavy atom. The monoisotopic (exact) mass is 425 g/mol. The SMILES string of the molecule is C=CCC(CCCCB1OC(C)(C)C(C)(C)O1)(NC(=O)OCCCC)C(=O)OCC. The number of rotatable bonds is 13. The molecule has 0 spiro atoms. The number of hydrogen-bond acceptors (Lipinski definition) is 6. The van der Waals surface area contributed by atoms with Gasteiger partial charge >= 0.3 is 19.2 Å². The standard InChI is InChI=1S/C22H40BNO6/c1-8-11-17-28-19(26)24-22(14-9-2,18(25)27-10-3)15-12-13-16-23-29-20(4,5)21(6,7)30-23/h9H,2,8,10-17H2,1,3-7H3,(H,24,26). The molecule has 0 aromatic heterocycles. The van der Waals surface area contributed by atoms with Gasteiger partial charge < -0.3 is 24.1 Å². The van der Waals surface area contributed by atoms with Crippen LogP contribution in [0.3, 0.4) is 0 Å². The van der Waals surface area contributed by atoms with Gasteiger partial charge in [0.15, 0.2) is 0 Å². The largest absolute Gasteiger partial charge is 0.464 e. The Morgan fingerprint density at radius 1 is 1.07 bits per heavy atom. The molecule has 0 aromatic rings. The summed E-state index contributed by atoms with van der Waals surface area (Å²) in [4.78, 5) is 25.0. The summed E-state index contributed by atoms with van der Waals surface area (Å²) in [6, 6.07) is 0. The Labute approximate surface area is 182 Å². The molecule has 1 aliphatic rings. The molecule has 1 amide bonds. The number of unbranched alkanes of at least 4 members (excludes halogenated alkanes) is 2. The molecule has 0 aromatic carbocycles. The molecule has 1 N–H and O–H groups in total. The molecule has 172 valence electrons. The summed E-state index contributed by atoms with van der Waals surface area (Å²) >= 11 is 0. The van der Waals surface area contributed by atoms with Gasteiger partial charge in [0.05, 0.1) is 24.4 Å². The van der Waals surface area contributed by atoms with E-state index in [2.05, 4.69) is 11.9 Å². The Hall–Kier alpha value is -1.54. The zero-order chi connectivity index (χ0) is 22.8. The summed E-state index contributed by atoms with van der Waals surface area (Å²) < 4.78 is 22.5. The van der Waals surface area contributed by atoms with Crippen LogP contribution in [0.2, 0.25) is 6.32 Å². The lowest BCUT2D eigenvalue weighted by Crippen LogP contribution is -2.55. The smallest absolute Gasteiger partial charge is 0.457 e. The van der Waals surface area contributed by atoms with E-state index in [1.165, 1.54) is 0 Å². The van der Waals surface area contributed by atoms with Crippen LogP contribution >= 0.6 is 0 Å². The van der Waals surface area contributed by atoms with E-state index in [9.17, 15) is 9.59 Å². The normalized spacial score (nSPS) is 19.1. The van der Waals surface area contributed by atoms with Gasteiger partial charge in [0, 0.05) is 0 Å². The quantitative estimate of drug-likeness (QED) is 0.200. The first-order valence-corrected chi connectivity index (χ1v) is 11.1. The number of carbonyl (C=O) groups is 2. The Kier molecular flexibility index (Phi) is 10.4. The Morgan fingerprint density at radius 3 is 2.23 bits per heavy atom. The lowest BCUT2D eigenvalue weighted by molar-refractivity contribution is -0.151. The third kappa shape index (κ3) is 7.31. The maximum absolute atomic E-state index is 12.8. The van der Waals surface area contributed by atoms with E-state index in [0.717, 1.165) is 19.3 Å². The van der Waals surface area contributed by atoms with E-state index in [-0.39, 0.29) is 31.3 Å². The number of nitrogens with one attached hydrogen (secondary N) is 1. The van der Waals surface area contributed by atoms with E-state index >= 15 is 0 Å². The number of carbonyl (C=O) groups excluding carboxylic acids is 2. The molecule has 30 heavy (non-hydrogen) atoms. The zero-order valence-corrected chi connectivity index (χ0v) is 19.7. The van der Waals surface area contributed by atoms with Crippen LogP contribution < -0.4 is 5.32 Å². The van der Waals surface area contributed by atoms with Gasteiger partial charge in [-0.05, 0) is 60.2 Å². The second-order valence-electron chi connectivity index (χ2n) is 8.84. The number of ether oxygens (including phenoxy) is 2. The molecule has 1 atom stereocenters. The van der Waals surface area contributed by atoms with Crippen LogP contribution in [0.4, 0.5) is 4.79 Å². The van der Waals surface area contributed by atoms with Gasteiger partial charge in [0.2, 0.25) is 0 Å². The molecular weight excluding hydrogens is 385 g/mol. The molecular formula is C22H40BNO6. The summed E-state index contributed by atoms with van der Waals surface area (Å²) in [6.45, 7) is 16.2. The lowest BCUT2D eigenvalue weighted by atomic mass is 9.80. The van der Waals surface area contributed by atoms with Crippen molar-refractivity contribution in [2.24, 2.45) is 0 Å². The fourth-order valence-electron chi connectivity index (χ4n) is 3.33. The van der Waals surface area contributed by atoms with Crippen LogP contribution in [0.1, 0.15) is 80.1 Å². The van der Waals surface area contributed by atoms with Crippen molar-refractivity contribution in [2.45, 2.75) is 103 Å². The number of amides is 1. The first-order valence-electron chi connectivity index (χ1n) is 11.1. The average Bonchev–Trinajstić information content (AvgIpc) is 2.85. The molecule has 8 heteroatoms. The minimum absolute atomic E-state index is 0.234. The number of esters is 1. The molecule has 0 radical (unpaired) electrons. The van der Waals surface area contributed by atoms with Crippen molar-refractivity contribution in [2.75, 3.05) is 13.2 Å². The molecule has 0 saturated carbocycles. The molecule has 0 bridgehead atoms. The minimum atomic E-state index is -1.18. The highest BCUT2D eigenvalue weighted by molar-refractivity contribution is 6.45. The van der Waals surface area contributed by atoms with Crippen molar-refractivity contribution in [1.82, 2.24) is 5.32 Å². The second-order valence-corrected chi connectivity index (χ2v) is 8.84. The van der Waals surface area contributed by atoms with Crippen LogP contribution in [0.5, 0.6) is 0 Å². The zero-order valence-electron chi connectivity index (χ0n) is 19.7. The van der Waals surface area contributed by atoms with Crippen LogP contribution in [0.15, 0.2) is 12.7 Å². The predicted octanol–water partition coefficient (Wildman–Crippen LogP) is 4.65. The predicted molar refractivity (Wildman–Crippen MR) is 118 cm³/mol. The topological polar surface area (TPSA) is 83.1 Å². The maximum Gasteiger partial charge on any atom is 0.457 e. The van der Waals surface area contributed by atoms with Gasteiger partial charge in [0.25, 0.3) is 0 Å². The van der Waals surface area contributed by atoms with Crippen molar-refractivity contribution in [3.63, 3.8) is 0 Å². The van der Waals surface area contributed by atoms with Gasteiger partial charge in [-0.2, -0.15) is 0 Å². The molecule has 1 aliphatic heterocycles. The Bertz CT molecular complexity index is 564. The summed E-state index contributed by atoms with van der Waals surface area (Å²) in [7, 11) is -0.279. The van der Waals surface area contributed by atoms with Gasteiger partial charge in [0.1, 0.15) is 5.54 Å². The van der Waals surface area contributed by atoms with Crippen molar-refractivity contribution in [3.05, 3.63) is 12.7 Å². The maximum atomic E-state index is 12.8. The fourth-order valence-corrected chi connectivity index (χ4v) is 3.33. The molecule has 1 rings (SSSR count). The summed E-state index contributed by atoms with van der Waals surface area (Å²) in [5, 5.41) is 2.76. The molecule has 1 heterocycles. The van der Waals surface area contributed by atoms with Crippen molar-refractivity contribution in [3.8, 4) is 0 Å². The average molecular weight is 425 g/mol.